The van der Waals surface area contributed by atoms with Crippen LogP contribution in [0, 0.1) is 0 Å². The van der Waals surface area contributed by atoms with E-state index in [1.54, 1.807) is 12.3 Å². The van der Waals surface area contributed by atoms with Crippen molar-refractivity contribution in [2.45, 2.75) is 20.0 Å². The number of aliphatic hydroxyl groups excluding tert-OH is 2. The highest BCUT2D eigenvalue weighted by atomic mass is 16.3. The molecule has 84 valence electrons. The predicted molar refractivity (Wildman–Crippen MR) is 59.7 cm³/mol. The van der Waals surface area contributed by atoms with E-state index in [0.29, 0.717) is 6.54 Å². The first kappa shape index (κ1) is 11.9. The van der Waals surface area contributed by atoms with Crippen molar-refractivity contribution < 1.29 is 10.2 Å². The summed E-state index contributed by atoms with van der Waals surface area (Å²) < 4.78 is 0. The molecule has 0 saturated heterocycles. The van der Waals surface area contributed by atoms with E-state index in [9.17, 15) is 5.11 Å². The van der Waals surface area contributed by atoms with Gasteiger partial charge in [0.15, 0.2) is 0 Å². The summed E-state index contributed by atoms with van der Waals surface area (Å²) in [5.74, 6) is 0.774. The Balaban J connectivity index is 2.88. The molecule has 0 spiro atoms. The van der Waals surface area contributed by atoms with Crippen LogP contribution >= 0.6 is 0 Å². The molecule has 0 radical (unpaired) electrons. The van der Waals surface area contributed by atoms with Crippen LogP contribution in [0.5, 0.6) is 0 Å². The number of aliphatic hydroxyl groups is 2. The molecule has 0 fully saturated rings. The number of pyridine rings is 1. The van der Waals surface area contributed by atoms with Crippen LogP contribution in [0.15, 0.2) is 18.3 Å². The SMILES string of the molecule is CCCN(CCO)c1ncccc1CO. The van der Waals surface area contributed by atoms with E-state index in [-0.39, 0.29) is 13.2 Å². The van der Waals surface area contributed by atoms with Gasteiger partial charge in [0.1, 0.15) is 5.82 Å². The van der Waals surface area contributed by atoms with Crippen molar-refractivity contribution >= 4 is 5.82 Å². The Morgan fingerprint density at radius 3 is 2.73 bits per heavy atom. The number of rotatable bonds is 6. The molecule has 1 rings (SSSR count). The van der Waals surface area contributed by atoms with Crippen molar-refractivity contribution in [3.8, 4) is 0 Å². The molecule has 15 heavy (non-hydrogen) atoms. The summed E-state index contributed by atoms with van der Waals surface area (Å²) in [5.41, 5.74) is 0.805. The maximum Gasteiger partial charge on any atom is 0.134 e. The number of aromatic nitrogens is 1. The first-order chi connectivity index (χ1) is 7.33. The Morgan fingerprint density at radius 1 is 1.33 bits per heavy atom. The number of nitrogens with zero attached hydrogens (tertiary/aromatic N) is 2. The molecule has 1 heterocycles. The molecule has 0 bridgehead atoms. The molecule has 0 unspecified atom stereocenters. The summed E-state index contributed by atoms with van der Waals surface area (Å²) in [7, 11) is 0. The zero-order valence-corrected chi connectivity index (χ0v) is 9.06. The third kappa shape index (κ3) is 3.18. The van der Waals surface area contributed by atoms with Gasteiger partial charge in [-0.05, 0) is 12.5 Å². The van der Waals surface area contributed by atoms with Gasteiger partial charge < -0.3 is 15.1 Å². The molecule has 0 aliphatic carbocycles. The zero-order valence-electron chi connectivity index (χ0n) is 9.06. The minimum absolute atomic E-state index is 0.0190. The first-order valence-corrected chi connectivity index (χ1v) is 5.24. The lowest BCUT2D eigenvalue weighted by molar-refractivity contribution is 0.280. The lowest BCUT2D eigenvalue weighted by Crippen LogP contribution is -2.29. The van der Waals surface area contributed by atoms with Crippen molar-refractivity contribution in [1.29, 1.82) is 0 Å². The summed E-state index contributed by atoms with van der Waals surface area (Å²) >= 11 is 0. The van der Waals surface area contributed by atoms with E-state index >= 15 is 0 Å². The second kappa shape index (κ2) is 6.37. The molecule has 2 N–H and O–H groups in total. The predicted octanol–water partition coefficient (Wildman–Crippen LogP) is 0.783. The number of hydrogen-bond acceptors (Lipinski definition) is 4. The molecule has 0 saturated carbocycles. The van der Waals surface area contributed by atoms with E-state index in [1.165, 1.54) is 0 Å². The Labute approximate surface area is 90.2 Å². The van der Waals surface area contributed by atoms with Gasteiger partial charge in [-0.15, -0.1) is 0 Å². The lowest BCUT2D eigenvalue weighted by Gasteiger charge is -2.23. The minimum atomic E-state index is -0.0190. The molecular weight excluding hydrogens is 192 g/mol. The maximum atomic E-state index is 9.17. The smallest absolute Gasteiger partial charge is 0.134 e. The lowest BCUT2D eigenvalue weighted by atomic mass is 10.2. The minimum Gasteiger partial charge on any atom is -0.395 e. The highest BCUT2D eigenvalue weighted by Crippen LogP contribution is 2.16. The van der Waals surface area contributed by atoms with Gasteiger partial charge in [-0.25, -0.2) is 4.98 Å². The van der Waals surface area contributed by atoms with Gasteiger partial charge in [0, 0.05) is 24.8 Å². The highest BCUT2D eigenvalue weighted by Gasteiger charge is 2.10. The molecule has 1 aromatic rings. The molecule has 4 heteroatoms. The summed E-state index contributed by atoms with van der Waals surface area (Å²) in [6.07, 6.45) is 2.69. The average Bonchev–Trinajstić information content (AvgIpc) is 2.29. The van der Waals surface area contributed by atoms with Gasteiger partial charge in [0.25, 0.3) is 0 Å². The third-order valence-electron chi connectivity index (χ3n) is 2.20. The third-order valence-corrected chi connectivity index (χ3v) is 2.20. The molecular formula is C11H18N2O2. The van der Waals surface area contributed by atoms with Crippen LogP contribution < -0.4 is 4.90 Å². The Morgan fingerprint density at radius 2 is 2.13 bits per heavy atom. The fraction of sp³-hybridized carbons (Fsp3) is 0.545. The van der Waals surface area contributed by atoms with Gasteiger partial charge in [0.2, 0.25) is 0 Å². The van der Waals surface area contributed by atoms with Gasteiger partial charge >= 0.3 is 0 Å². The second-order valence-electron chi connectivity index (χ2n) is 3.35. The van der Waals surface area contributed by atoms with Crippen molar-refractivity contribution in [1.82, 2.24) is 4.98 Å². The fourth-order valence-corrected chi connectivity index (χ4v) is 1.55. The zero-order chi connectivity index (χ0) is 11.1. The van der Waals surface area contributed by atoms with Crippen molar-refractivity contribution in [3.63, 3.8) is 0 Å². The van der Waals surface area contributed by atoms with Gasteiger partial charge in [-0.3, -0.25) is 0 Å². The van der Waals surface area contributed by atoms with Gasteiger partial charge in [0.05, 0.1) is 13.2 Å². The summed E-state index contributed by atoms with van der Waals surface area (Å²) in [6.45, 7) is 3.55. The monoisotopic (exact) mass is 210 g/mol. The average molecular weight is 210 g/mol. The highest BCUT2D eigenvalue weighted by molar-refractivity contribution is 5.46. The number of hydrogen-bond donors (Lipinski definition) is 2. The van der Waals surface area contributed by atoms with Crippen LogP contribution in [0.25, 0.3) is 0 Å². The first-order valence-electron chi connectivity index (χ1n) is 5.24. The Bertz CT molecular complexity index is 286. The van der Waals surface area contributed by atoms with Crippen molar-refractivity contribution in [2.24, 2.45) is 0 Å². The van der Waals surface area contributed by atoms with Crippen LogP contribution in [-0.4, -0.2) is 34.9 Å². The summed E-state index contributed by atoms with van der Waals surface area (Å²) in [5, 5.41) is 18.1. The van der Waals surface area contributed by atoms with E-state index in [1.807, 2.05) is 11.0 Å². The summed E-state index contributed by atoms with van der Waals surface area (Å²) in [4.78, 5) is 6.23. The van der Waals surface area contributed by atoms with Crippen LogP contribution in [0.4, 0.5) is 5.82 Å². The van der Waals surface area contributed by atoms with E-state index in [2.05, 4.69) is 11.9 Å². The second-order valence-corrected chi connectivity index (χ2v) is 3.35. The normalized spacial score (nSPS) is 10.3. The molecule has 0 amide bonds. The van der Waals surface area contributed by atoms with Gasteiger partial charge in [-0.1, -0.05) is 13.0 Å². The maximum absolute atomic E-state index is 9.17. The van der Waals surface area contributed by atoms with E-state index < -0.39 is 0 Å². The molecule has 0 aliphatic rings. The van der Waals surface area contributed by atoms with E-state index in [4.69, 9.17) is 5.11 Å². The largest absolute Gasteiger partial charge is 0.395 e. The van der Waals surface area contributed by atoms with Crippen LogP contribution in [0.3, 0.4) is 0 Å². The summed E-state index contributed by atoms with van der Waals surface area (Å²) in [6, 6.07) is 3.65. The molecule has 0 aliphatic heterocycles. The van der Waals surface area contributed by atoms with Crippen LogP contribution in [0.2, 0.25) is 0 Å². The molecule has 0 aromatic carbocycles. The Kier molecular flexibility index (Phi) is 5.07. The van der Waals surface area contributed by atoms with Crippen LogP contribution in [0.1, 0.15) is 18.9 Å². The van der Waals surface area contributed by atoms with Crippen molar-refractivity contribution in [2.75, 3.05) is 24.6 Å². The fourth-order valence-electron chi connectivity index (χ4n) is 1.55. The molecule has 1 aromatic heterocycles. The van der Waals surface area contributed by atoms with Crippen molar-refractivity contribution in [3.05, 3.63) is 23.9 Å². The molecule has 4 nitrogen and oxygen atoms in total. The Hall–Kier alpha value is -1.13. The standard InChI is InChI=1S/C11H18N2O2/c1-2-6-13(7-8-14)11-10(9-15)4-3-5-12-11/h3-5,14-15H,2,6-9H2,1H3. The quantitative estimate of drug-likeness (QED) is 0.728. The van der Waals surface area contributed by atoms with E-state index in [0.717, 1.165) is 24.3 Å². The van der Waals surface area contributed by atoms with Gasteiger partial charge in [-0.2, -0.15) is 0 Å². The molecule has 0 atom stereocenters. The van der Waals surface area contributed by atoms with Crippen LogP contribution in [-0.2, 0) is 6.61 Å². The topological polar surface area (TPSA) is 56.6 Å². The number of anilines is 1.